The molecule has 12 heavy (non-hydrogen) atoms. The van der Waals surface area contributed by atoms with Crippen molar-refractivity contribution in [2.24, 2.45) is 11.3 Å². The zero-order valence-corrected chi connectivity index (χ0v) is 9.61. The van der Waals surface area contributed by atoms with Gasteiger partial charge in [-0.15, -0.1) is 6.58 Å². The van der Waals surface area contributed by atoms with Gasteiger partial charge in [-0.3, -0.25) is 0 Å². The van der Waals surface area contributed by atoms with Gasteiger partial charge < -0.3 is 0 Å². The van der Waals surface area contributed by atoms with Gasteiger partial charge in [-0.1, -0.05) is 31.3 Å². The molecule has 0 nitrogen and oxygen atoms in total. The van der Waals surface area contributed by atoms with Gasteiger partial charge in [0.15, 0.2) is 0 Å². The molecule has 0 spiro atoms. The van der Waals surface area contributed by atoms with Gasteiger partial charge in [0.25, 0.3) is 0 Å². The van der Waals surface area contributed by atoms with Crippen LogP contribution in [0, 0.1) is 11.3 Å². The monoisotopic (exact) mass is 180 g/mol. The van der Waals surface area contributed by atoms with Crippen LogP contribution in [0.3, 0.4) is 0 Å². The standard InChI is InChI=1S/C11H20Si/c1-9(12(2,3)4)11-7-5-6-10(11)8-11/h10H,1,5-8H2,2-4H3. The fraction of sp³-hybridized carbons (Fsp3) is 0.818. The maximum atomic E-state index is 4.38. The van der Waals surface area contributed by atoms with E-state index in [0.29, 0.717) is 5.41 Å². The molecule has 0 aliphatic heterocycles. The first kappa shape index (κ1) is 8.55. The third-order valence-corrected chi connectivity index (χ3v) is 6.22. The van der Waals surface area contributed by atoms with Crippen LogP contribution in [-0.4, -0.2) is 8.07 Å². The van der Waals surface area contributed by atoms with Crippen molar-refractivity contribution in [3.8, 4) is 0 Å². The molecule has 0 bridgehead atoms. The summed E-state index contributed by atoms with van der Waals surface area (Å²) in [6.45, 7) is 11.7. The summed E-state index contributed by atoms with van der Waals surface area (Å²) >= 11 is 0. The Labute approximate surface area is 77.1 Å². The second-order valence-corrected chi connectivity index (χ2v) is 10.8. The molecule has 2 aliphatic carbocycles. The minimum absolute atomic E-state index is 0.671. The number of rotatable bonds is 2. The zero-order valence-electron chi connectivity index (χ0n) is 8.61. The molecule has 2 rings (SSSR count). The van der Waals surface area contributed by atoms with Gasteiger partial charge in [-0.2, -0.15) is 0 Å². The Bertz CT molecular complexity index is 224. The highest BCUT2D eigenvalue weighted by Crippen LogP contribution is 2.68. The van der Waals surface area contributed by atoms with E-state index in [0.717, 1.165) is 5.92 Å². The zero-order chi connectivity index (χ0) is 8.98. The van der Waals surface area contributed by atoms with Crippen LogP contribution in [0.4, 0.5) is 0 Å². The van der Waals surface area contributed by atoms with Crippen LogP contribution in [0.1, 0.15) is 25.7 Å². The Kier molecular flexibility index (Phi) is 1.61. The van der Waals surface area contributed by atoms with E-state index in [1.54, 1.807) is 5.20 Å². The van der Waals surface area contributed by atoms with Gasteiger partial charge >= 0.3 is 0 Å². The number of fused-ring (bicyclic) bond motifs is 1. The van der Waals surface area contributed by atoms with Crippen molar-refractivity contribution in [3.05, 3.63) is 11.8 Å². The van der Waals surface area contributed by atoms with Gasteiger partial charge in [0.1, 0.15) is 0 Å². The van der Waals surface area contributed by atoms with Crippen molar-refractivity contribution in [3.63, 3.8) is 0 Å². The van der Waals surface area contributed by atoms with E-state index in [9.17, 15) is 0 Å². The smallest absolute Gasteiger partial charge is 0.0724 e. The fourth-order valence-electron chi connectivity index (χ4n) is 3.00. The average Bonchev–Trinajstić information content (AvgIpc) is 2.52. The highest BCUT2D eigenvalue weighted by molar-refractivity contribution is 6.83. The molecule has 0 aromatic rings. The van der Waals surface area contributed by atoms with Gasteiger partial charge in [0, 0.05) is 0 Å². The van der Waals surface area contributed by atoms with Crippen LogP contribution in [0.15, 0.2) is 11.8 Å². The van der Waals surface area contributed by atoms with E-state index in [1.807, 2.05) is 0 Å². The molecule has 0 N–H and O–H groups in total. The lowest BCUT2D eigenvalue weighted by Gasteiger charge is -2.27. The SMILES string of the molecule is C=C(C12CCCC1C2)[Si](C)(C)C. The number of allylic oxidation sites excluding steroid dienone is 1. The summed E-state index contributed by atoms with van der Waals surface area (Å²) in [4.78, 5) is 0. The molecular formula is C11H20Si. The van der Waals surface area contributed by atoms with Crippen LogP contribution < -0.4 is 0 Å². The summed E-state index contributed by atoms with van der Waals surface area (Å²) in [7, 11) is -1.05. The predicted octanol–water partition coefficient (Wildman–Crippen LogP) is 3.61. The Morgan fingerprint density at radius 3 is 2.42 bits per heavy atom. The van der Waals surface area contributed by atoms with Gasteiger partial charge in [0.05, 0.1) is 8.07 Å². The summed E-state index contributed by atoms with van der Waals surface area (Å²) in [5.74, 6) is 1.05. The minimum atomic E-state index is -1.05. The van der Waals surface area contributed by atoms with E-state index in [1.165, 1.54) is 25.7 Å². The van der Waals surface area contributed by atoms with Crippen LogP contribution >= 0.6 is 0 Å². The first-order valence-corrected chi connectivity index (χ1v) is 8.67. The van der Waals surface area contributed by atoms with Crippen molar-refractivity contribution < 1.29 is 0 Å². The molecule has 0 saturated heterocycles. The maximum Gasteiger partial charge on any atom is 0.0724 e. The van der Waals surface area contributed by atoms with E-state index < -0.39 is 8.07 Å². The number of hydrogen-bond donors (Lipinski definition) is 0. The van der Waals surface area contributed by atoms with Crippen LogP contribution in [0.5, 0.6) is 0 Å². The van der Waals surface area contributed by atoms with Crippen molar-refractivity contribution in [2.75, 3.05) is 0 Å². The normalized spacial score (nSPS) is 39.4. The fourth-order valence-corrected chi connectivity index (χ4v) is 4.92. The average molecular weight is 180 g/mol. The van der Waals surface area contributed by atoms with Crippen molar-refractivity contribution >= 4 is 8.07 Å². The second kappa shape index (κ2) is 2.25. The highest BCUT2D eigenvalue weighted by Gasteiger charge is 2.59. The summed E-state index contributed by atoms with van der Waals surface area (Å²) < 4.78 is 0. The summed E-state index contributed by atoms with van der Waals surface area (Å²) in [5.41, 5.74) is 0.671. The molecule has 68 valence electrons. The van der Waals surface area contributed by atoms with E-state index >= 15 is 0 Å². The van der Waals surface area contributed by atoms with Crippen molar-refractivity contribution in [2.45, 2.75) is 45.3 Å². The van der Waals surface area contributed by atoms with Gasteiger partial charge in [-0.05, 0) is 30.6 Å². The first-order chi connectivity index (χ1) is 5.47. The topological polar surface area (TPSA) is 0 Å². The quantitative estimate of drug-likeness (QED) is 0.570. The summed E-state index contributed by atoms with van der Waals surface area (Å²) in [6, 6.07) is 0. The summed E-state index contributed by atoms with van der Waals surface area (Å²) in [6.07, 6.45) is 5.90. The third kappa shape index (κ3) is 1.02. The van der Waals surface area contributed by atoms with Gasteiger partial charge in [-0.25, -0.2) is 0 Å². The van der Waals surface area contributed by atoms with Crippen molar-refractivity contribution in [1.29, 1.82) is 0 Å². The Hall–Kier alpha value is -0.0431. The second-order valence-electron chi connectivity index (χ2n) is 5.68. The van der Waals surface area contributed by atoms with Crippen molar-refractivity contribution in [1.82, 2.24) is 0 Å². The molecule has 2 unspecified atom stereocenters. The number of hydrogen-bond acceptors (Lipinski definition) is 0. The lowest BCUT2D eigenvalue weighted by Crippen LogP contribution is -2.29. The van der Waals surface area contributed by atoms with E-state index in [2.05, 4.69) is 26.2 Å². The maximum absolute atomic E-state index is 4.38. The lowest BCUT2D eigenvalue weighted by atomic mass is 10.0. The predicted molar refractivity (Wildman–Crippen MR) is 56.9 cm³/mol. The molecule has 0 aromatic carbocycles. The van der Waals surface area contributed by atoms with E-state index in [4.69, 9.17) is 0 Å². The molecule has 2 saturated carbocycles. The van der Waals surface area contributed by atoms with E-state index in [-0.39, 0.29) is 0 Å². The molecule has 0 amide bonds. The Morgan fingerprint density at radius 2 is 2.08 bits per heavy atom. The largest absolute Gasteiger partial charge is 0.103 e. The molecule has 0 aromatic heterocycles. The Morgan fingerprint density at radius 1 is 1.42 bits per heavy atom. The van der Waals surface area contributed by atoms with Gasteiger partial charge in [0.2, 0.25) is 0 Å². The molecule has 0 radical (unpaired) electrons. The molecule has 2 fully saturated rings. The third-order valence-electron chi connectivity index (χ3n) is 3.91. The summed E-state index contributed by atoms with van der Waals surface area (Å²) in [5, 5.41) is 1.66. The first-order valence-electron chi connectivity index (χ1n) is 5.17. The van der Waals surface area contributed by atoms with Crippen LogP contribution in [0.25, 0.3) is 0 Å². The van der Waals surface area contributed by atoms with Crippen LogP contribution in [0.2, 0.25) is 19.6 Å². The molecule has 2 atom stereocenters. The Balaban J connectivity index is 2.16. The minimum Gasteiger partial charge on any atom is -0.103 e. The lowest BCUT2D eigenvalue weighted by molar-refractivity contribution is 0.603. The molecular weight excluding hydrogens is 160 g/mol. The highest BCUT2D eigenvalue weighted by atomic mass is 28.3. The molecule has 0 heterocycles. The molecule has 1 heteroatoms. The van der Waals surface area contributed by atoms with Crippen LogP contribution in [-0.2, 0) is 0 Å². The molecule has 2 aliphatic rings.